The zero-order valence-electron chi connectivity index (χ0n) is 10.2. The fourth-order valence-corrected chi connectivity index (χ4v) is 1.90. The van der Waals surface area contributed by atoms with Gasteiger partial charge in [-0.25, -0.2) is 0 Å². The Morgan fingerprint density at radius 1 is 1.42 bits per heavy atom. The maximum Gasteiger partial charge on any atom is 0.259 e. The summed E-state index contributed by atoms with van der Waals surface area (Å²) in [5.74, 6) is 0.196. The number of aromatic nitrogens is 1. The van der Waals surface area contributed by atoms with Crippen LogP contribution in [0, 0.1) is 0 Å². The summed E-state index contributed by atoms with van der Waals surface area (Å²) in [5, 5.41) is 2.72. The van der Waals surface area contributed by atoms with Gasteiger partial charge >= 0.3 is 0 Å². The molecule has 1 heterocycles. The topological polar surface area (TPSA) is 77.2 Å². The number of nitrogen functional groups attached to an aromatic ring is 1. The van der Waals surface area contributed by atoms with Crippen LogP contribution in [0.1, 0.15) is 10.4 Å². The van der Waals surface area contributed by atoms with Crippen molar-refractivity contribution in [3.63, 3.8) is 0 Å². The summed E-state index contributed by atoms with van der Waals surface area (Å²) in [4.78, 5) is 16.0. The van der Waals surface area contributed by atoms with Gasteiger partial charge in [0, 0.05) is 10.7 Å². The number of nitrogens with two attached hydrogens (primary N) is 1. The summed E-state index contributed by atoms with van der Waals surface area (Å²) in [7, 11) is 1.51. The quantitative estimate of drug-likeness (QED) is 0.911. The number of rotatable bonds is 3. The van der Waals surface area contributed by atoms with E-state index in [1.165, 1.54) is 13.3 Å². The summed E-state index contributed by atoms with van der Waals surface area (Å²) < 4.78 is 6.02. The van der Waals surface area contributed by atoms with Crippen molar-refractivity contribution in [2.24, 2.45) is 0 Å². The lowest BCUT2D eigenvalue weighted by atomic mass is 10.2. The first-order valence-corrected chi connectivity index (χ1v) is 6.25. The molecular formula is C13H12BrN3O2. The van der Waals surface area contributed by atoms with E-state index < -0.39 is 0 Å². The number of hydrogen-bond acceptors (Lipinski definition) is 4. The molecule has 0 spiro atoms. The van der Waals surface area contributed by atoms with Gasteiger partial charge in [-0.05, 0) is 24.3 Å². The molecule has 0 fully saturated rings. The van der Waals surface area contributed by atoms with Gasteiger partial charge in [0.2, 0.25) is 0 Å². The van der Waals surface area contributed by atoms with Gasteiger partial charge in [-0.1, -0.05) is 15.9 Å². The molecule has 0 aliphatic carbocycles. The Kier molecular flexibility index (Phi) is 4.01. The molecular weight excluding hydrogens is 310 g/mol. The first-order valence-electron chi connectivity index (χ1n) is 5.46. The molecule has 2 aromatic rings. The Morgan fingerprint density at radius 3 is 2.89 bits per heavy atom. The van der Waals surface area contributed by atoms with E-state index >= 15 is 0 Å². The molecule has 0 bridgehead atoms. The second-order valence-electron chi connectivity index (χ2n) is 3.76. The molecule has 0 aliphatic heterocycles. The summed E-state index contributed by atoms with van der Waals surface area (Å²) in [6.07, 6.45) is 3.04. The third-order valence-corrected chi connectivity index (χ3v) is 3.00. The van der Waals surface area contributed by atoms with Crippen LogP contribution in [-0.4, -0.2) is 18.0 Å². The molecule has 1 aromatic heterocycles. The number of benzene rings is 1. The van der Waals surface area contributed by atoms with E-state index in [0.717, 1.165) is 4.47 Å². The Bertz CT molecular complexity index is 617. The largest absolute Gasteiger partial charge is 0.496 e. The Morgan fingerprint density at radius 2 is 2.21 bits per heavy atom. The monoisotopic (exact) mass is 321 g/mol. The van der Waals surface area contributed by atoms with Crippen molar-refractivity contribution in [1.82, 2.24) is 4.98 Å². The number of amides is 1. The van der Waals surface area contributed by atoms with Crippen molar-refractivity contribution in [2.45, 2.75) is 0 Å². The highest BCUT2D eigenvalue weighted by Gasteiger charge is 2.13. The van der Waals surface area contributed by atoms with Crippen LogP contribution in [0.2, 0.25) is 0 Å². The number of nitrogens with one attached hydrogen (secondary N) is 1. The van der Waals surface area contributed by atoms with Crippen LogP contribution in [0.15, 0.2) is 41.1 Å². The summed E-state index contributed by atoms with van der Waals surface area (Å²) in [6, 6.07) is 6.81. The molecule has 0 radical (unpaired) electrons. The summed E-state index contributed by atoms with van der Waals surface area (Å²) in [5.41, 5.74) is 7.09. The Balaban J connectivity index is 2.28. The lowest BCUT2D eigenvalue weighted by molar-refractivity contribution is 0.102. The molecule has 0 aliphatic rings. The molecule has 0 saturated carbocycles. The third kappa shape index (κ3) is 3.03. The number of carbonyl (C=O) groups excluding carboxylic acids is 1. The average molecular weight is 322 g/mol. The molecule has 0 atom stereocenters. The Hall–Kier alpha value is -2.08. The number of halogens is 1. The minimum Gasteiger partial charge on any atom is -0.496 e. The van der Waals surface area contributed by atoms with Crippen LogP contribution in [0.3, 0.4) is 0 Å². The molecule has 0 unspecified atom stereocenters. The van der Waals surface area contributed by atoms with E-state index in [-0.39, 0.29) is 5.91 Å². The van der Waals surface area contributed by atoms with E-state index in [2.05, 4.69) is 26.2 Å². The van der Waals surface area contributed by atoms with Crippen molar-refractivity contribution in [3.8, 4) is 5.75 Å². The predicted molar refractivity (Wildman–Crippen MR) is 77.3 cm³/mol. The van der Waals surface area contributed by atoms with Crippen molar-refractivity contribution in [3.05, 3.63) is 46.7 Å². The van der Waals surface area contributed by atoms with Gasteiger partial charge < -0.3 is 15.8 Å². The highest BCUT2D eigenvalue weighted by molar-refractivity contribution is 9.10. The zero-order valence-corrected chi connectivity index (χ0v) is 11.8. The molecule has 2 rings (SSSR count). The first kappa shape index (κ1) is 13.4. The standard InChI is InChI=1S/C13H12BrN3O2/c1-19-12-6-8(14)2-3-9(12)13(18)17-11-4-5-16-7-10(11)15/h2-7H,15H2,1H3,(H,16,17,18). The third-order valence-electron chi connectivity index (χ3n) is 2.51. The summed E-state index contributed by atoms with van der Waals surface area (Å²) in [6.45, 7) is 0. The van der Waals surface area contributed by atoms with Gasteiger partial charge in [0.1, 0.15) is 5.75 Å². The van der Waals surface area contributed by atoms with Crippen LogP contribution >= 0.6 is 15.9 Å². The Labute approximate surface area is 118 Å². The number of hydrogen-bond donors (Lipinski definition) is 2. The van der Waals surface area contributed by atoms with Gasteiger partial charge in [0.05, 0.1) is 30.2 Å². The fraction of sp³-hybridized carbons (Fsp3) is 0.0769. The van der Waals surface area contributed by atoms with E-state index in [9.17, 15) is 4.79 Å². The maximum atomic E-state index is 12.2. The van der Waals surface area contributed by atoms with E-state index in [1.54, 1.807) is 30.5 Å². The van der Waals surface area contributed by atoms with Crippen molar-refractivity contribution in [1.29, 1.82) is 0 Å². The molecule has 98 valence electrons. The van der Waals surface area contributed by atoms with Crippen LogP contribution in [0.5, 0.6) is 5.75 Å². The number of anilines is 2. The van der Waals surface area contributed by atoms with Gasteiger partial charge in [0.15, 0.2) is 0 Å². The molecule has 1 amide bonds. The lowest BCUT2D eigenvalue weighted by Gasteiger charge is -2.10. The summed E-state index contributed by atoms with van der Waals surface area (Å²) >= 11 is 3.32. The van der Waals surface area contributed by atoms with Crippen LogP contribution in [0.4, 0.5) is 11.4 Å². The van der Waals surface area contributed by atoms with E-state index in [1.807, 2.05) is 0 Å². The number of ether oxygens (including phenoxy) is 1. The second-order valence-corrected chi connectivity index (χ2v) is 4.68. The van der Waals surface area contributed by atoms with Crippen LogP contribution in [0.25, 0.3) is 0 Å². The highest BCUT2D eigenvalue weighted by Crippen LogP contribution is 2.25. The van der Waals surface area contributed by atoms with Crippen molar-refractivity contribution >= 4 is 33.2 Å². The van der Waals surface area contributed by atoms with Gasteiger partial charge in [-0.2, -0.15) is 0 Å². The molecule has 1 aromatic carbocycles. The van der Waals surface area contributed by atoms with Gasteiger partial charge in [-0.15, -0.1) is 0 Å². The zero-order chi connectivity index (χ0) is 13.8. The number of nitrogens with zero attached hydrogens (tertiary/aromatic N) is 1. The average Bonchev–Trinajstić information content (AvgIpc) is 2.41. The van der Waals surface area contributed by atoms with E-state index in [4.69, 9.17) is 10.5 Å². The lowest BCUT2D eigenvalue weighted by Crippen LogP contribution is -2.14. The molecule has 3 N–H and O–H groups in total. The molecule has 5 nitrogen and oxygen atoms in total. The smallest absolute Gasteiger partial charge is 0.259 e. The van der Waals surface area contributed by atoms with Crippen LogP contribution in [-0.2, 0) is 0 Å². The first-order chi connectivity index (χ1) is 9.11. The van der Waals surface area contributed by atoms with Crippen molar-refractivity contribution in [2.75, 3.05) is 18.2 Å². The number of carbonyl (C=O) groups is 1. The van der Waals surface area contributed by atoms with E-state index in [0.29, 0.717) is 22.7 Å². The van der Waals surface area contributed by atoms with Crippen molar-refractivity contribution < 1.29 is 9.53 Å². The SMILES string of the molecule is COc1cc(Br)ccc1C(=O)Nc1ccncc1N. The second kappa shape index (κ2) is 5.71. The number of methoxy groups -OCH3 is 1. The predicted octanol–water partition coefficient (Wildman–Crippen LogP) is 2.69. The van der Waals surface area contributed by atoms with Gasteiger partial charge in [-0.3, -0.25) is 9.78 Å². The van der Waals surface area contributed by atoms with Gasteiger partial charge in [0.25, 0.3) is 5.91 Å². The normalized spacial score (nSPS) is 10.0. The minimum atomic E-state index is -0.290. The van der Waals surface area contributed by atoms with Crippen LogP contribution < -0.4 is 15.8 Å². The molecule has 6 heteroatoms. The molecule has 0 saturated heterocycles. The fourth-order valence-electron chi connectivity index (χ4n) is 1.56. The minimum absolute atomic E-state index is 0.290. The maximum absolute atomic E-state index is 12.2. The molecule has 19 heavy (non-hydrogen) atoms. The number of pyridine rings is 1. The highest BCUT2D eigenvalue weighted by atomic mass is 79.9.